The predicted octanol–water partition coefficient (Wildman–Crippen LogP) is -1.78. The van der Waals surface area contributed by atoms with Crippen LogP contribution in [0.2, 0.25) is 0 Å². The van der Waals surface area contributed by atoms with Crippen molar-refractivity contribution in [3.8, 4) is 0 Å². The van der Waals surface area contributed by atoms with Crippen molar-refractivity contribution in [3.05, 3.63) is 33.1 Å². The Bertz CT molecular complexity index is 601. The Hall–Kier alpha value is -0.710. The lowest BCUT2D eigenvalue weighted by Crippen LogP contribution is -2.53. The van der Waals surface area contributed by atoms with Gasteiger partial charge in [0.05, 0.1) is 6.61 Å². The van der Waals surface area contributed by atoms with Crippen LogP contribution >= 0.6 is 27.5 Å². The number of nitrogens with zero attached hydrogens (tertiary/aromatic N) is 1. The first kappa shape index (κ1) is 14.7. The lowest BCUT2D eigenvalue weighted by Gasteiger charge is -2.32. The molecular formula is C9H10BrClN2O6. The Kier molecular flexibility index (Phi) is 3.62. The molecule has 1 fully saturated rings. The molecule has 0 spiro atoms. The number of rotatable bonds is 2. The monoisotopic (exact) mass is 356 g/mol. The van der Waals surface area contributed by atoms with Crippen LogP contribution in [0.5, 0.6) is 0 Å². The number of H-pyrrole nitrogens is 1. The van der Waals surface area contributed by atoms with E-state index in [-0.39, 0.29) is 0 Å². The molecule has 0 aliphatic carbocycles. The molecule has 4 atom stereocenters. The lowest BCUT2D eigenvalue weighted by molar-refractivity contribution is -0.0964. The van der Waals surface area contributed by atoms with Gasteiger partial charge in [0.2, 0.25) is 4.51 Å². The molecule has 1 aliphatic rings. The van der Waals surface area contributed by atoms with Crippen molar-refractivity contribution in [2.45, 2.75) is 21.9 Å². The van der Waals surface area contributed by atoms with Crippen molar-refractivity contribution in [2.75, 3.05) is 6.61 Å². The van der Waals surface area contributed by atoms with Crippen LogP contribution in [0.25, 0.3) is 0 Å². The molecule has 1 aromatic rings. The summed E-state index contributed by atoms with van der Waals surface area (Å²) >= 11 is 8.85. The van der Waals surface area contributed by atoms with Gasteiger partial charge in [-0.05, 0) is 15.9 Å². The van der Waals surface area contributed by atoms with Gasteiger partial charge in [-0.3, -0.25) is 14.3 Å². The van der Waals surface area contributed by atoms with E-state index in [9.17, 15) is 19.8 Å². The van der Waals surface area contributed by atoms with E-state index in [4.69, 9.17) is 21.4 Å². The zero-order valence-electron chi connectivity index (χ0n) is 9.29. The Balaban J connectivity index is 2.59. The highest BCUT2D eigenvalue weighted by atomic mass is 79.9. The average Bonchev–Trinajstić information content (AvgIpc) is 2.50. The fourth-order valence-electron chi connectivity index (χ4n) is 1.78. The van der Waals surface area contributed by atoms with Gasteiger partial charge in [0.1, 0.15) is 12.2 Å². The molecule has 0 aromatic carbocycles. The predicted molar refractivity (Wildman–Crippen MR) is 67.0 cm³/mol. The van der Waals surface area contributed by atoms with Crippen molar-refractivity contribution in [2.24, 2.45) is 0 Å². The molecule has 10 heteroatoms. The number of aromatic nitrogens is 2. The van der Waals surface area contributed by atoms with E-state index in [0.717, 1.165) is 12.3 Å². The van der Waals surface area contributed by atoms with E-state index in [1.165, 1.54) is 0 Å². The van der Waals surface area contributed by atoms with Gasteiger partial charge >= 0.3 is 5.69 Å². The van der Waals surface area contributed by atoms with E-state index in [1.807, 2.05) is 4.98 Å². The summed E-state index contributed by atoms with van der Waals surface area (Å²) in [7, 11) is 0. The zero-order valence-corrected chi connectivity index (χ0v) is 11.6. The maximum absolute atomic E-state index is 11.7. The van der Waals surface area contributed by atoms with Gasteiger partial charge in [0, 0.05) is 12.3 Å². The van der Waals surface area contributed by atoms with E-state index in [2.05, 4.69) is 15.9 Å². The topological polar surface area (TPSA) is 125 Å². The zero-order chi connectivity index (χ0) is 14.4. The van der Waals surface area contributed by atoms with Crippen LogP contribution < -0.4 is 11.2 Å². The summed E-state index contributed by atoms with van der Waals surface area (Å²) in [6.07, 6.45) is -1.79. The van der Waals surface area contributed by atoms with Crippen LogP contribution in [0.1, 0.15) is 0 Å². The normalized spacial score (nSPS) is 38.6. The number of aliphatic hydroxyl groups excluding tert-OH is 2. The largest absolute Gasteiger partial charge is 0.394 e. The van der Waals surface area contributed by atoms with Crippen molar-refractivity contribution in [1.82, 2.24) is 9.55 Å². The second kappa shape index (κ2) is 4.69. The highest BCUT2D eigenvalue weighted by Crippen LogP contribution is 2.49. The molecule has 1 aromatic heterocycles. The standard InChI is InChI=1S/C9H10BrClN2O6/c10-8(18)6(16)4(3-14)19-9(8,11)13-2-1-5(15)12-7(13)17/h1-2,4,6,14,16,18H,3H2,(H,12,15,17)/t4-,6-,8-,9+/m1/s1. The first-order chi connectivity index (χ1) is 8.74. The van der Waals surface area contributed by atoms with Gasteiger partial charge in [-0.1, -0.05) is 11.6 Å². The summed E-state index contributed by atoms with van der Waals surface area (Å²) in [5, 5.41) is 26.8. The molecule has 4 N–H and O–H groups in total. The van der Waals surface area contributed by atoms with Gasteiger partial charge in [-0.2, -0.15) is 0 Å². The highest BCUT2D eigenvalue weighted by Gasteiger charge is 2.65. The molecule has 0 amide bonds. The summed E-state index contributed by atoms with van der Waals surface area (Å²) < 4.78 is 3.60. The quantitative estimate of drug-likeness (QED) is 0.464. The number of ether oxygens (including phenoxy) is 1. The minimum absolute atomic E-state index is 0.623. The second-order valence-corrected chi connectivity index (χ2v) is 5.72. The van der Waals surface area contributed by atoms with Crippen molar-refractivity contribution in [3.63, 3.8) is 0 Å². The van der Waals surface area contributed by atoms with Crippen molar-refractivity contribution < 1.29 is 20.1 Å². The minimum atomic E-state index is -2.24. The molecule has 0 saturated carbocycles. The number of hydrogen-bond donors (Lipinski definition) is 4. The molecule has 19 heavy (non-hydrogen) atoms. The van der Waals surface area contributed by atoms with Gasteiger partial charge < -0.3 is 20.1 Å². The molecule has 1 aliphatic heterocycles. The number of alkyl halides is 2. The van der Waals surface area contributed by atoms with Gasteiger partial charge in [-0.15, -0.1) is 0 Å². The average molecular weight is 358 g/mol. The third-order valence-electron chi connectivity index (χ3n) is 2.80. The minimum Gasteiger partial charge on any atom is -0.394 e. The van der Waals surface area contributed by atoms with Crippen LogP contribution in [0.3, 0.4) is 0 Å². The molecule has 0 bridgehead atoms. The van der Waals surface area contributed by atoms with Crippen molar-refractivity contribution in [1.29, 1.82) is 0 Å². The van der Waals surface area contributed by atoms with E-state index in [1.54, 1.807) is 0 Å². The Morgan fingerprint density at radius 1 is 1.58 bits per heavy atom. The van der Waals surface area contributed by atoms with Gasteiger partial charge in [0.15, 0.2) is 0 Å². The number of nitrogens with one attached hydrogen (secondary N) is 1. The first-order valence-electron chi connectivity index (χ1n) is 5.13. The second-order valence-electron chi connectivity index (χ2n) is 4.00. The number of halogens is 2. The molecule has 2 heterocycles. The van der Waals surface area contributed by atoms with Crippen LogP contribution in [0, 0.1) is 0 Å². The molecule has 1 saturated heterocycles. The summed E-state index contributed by atoms with van der Waals surface area (Å²) in [6.45, 7) is -0.623. The van der Waals surface area contributed by atoms with Crippen LogP contribution in [0.15, 0.2) is 21.9 Å². The SMILES string of the molecule is O=c1ccn([C@]2(Cl)O[C@H](CO)[C@@H](O)[C@]2(O)Br)c(=O)[nH]1. The van der Waals surface area contributed by atoms with Gasteiger partial charge in [0.25, 0.3) is 10.7 Å². The van der Waals surface area contributed by atoms with E-state index >= 15 is 0 Å². The Labute approximate surface area is 119 Å². The van der Waals surface area contributed by atoms with E-state index < -0.39 is 39.8 Å². The molecule has 0 unspecified atom stereocenters. The van der Waals surface area contributed by atoms with Gasteiger partial charge in [-0.25, -0.2) is 4.79 Å². The molecule has 8 nitrogen and oxygen atoms in total. The summed E-state index contributed by atoms with van der Waals surface area (Å²) in [4.78, 5) is 24.6. The maximum atomic E-state index is 11.7. The number of hydrogen-bond acceptors (Lipinski definition) is 6. The number of aliphatic hydroxyl groups is 3. The lowest BCUT2D eigenvalue weighted by atomic mass is 10.1. The maximum Gasteiger partial charge on any atom is 0.331 e. The summed E-state index contributed by atoms with van der Waals surface area (Å²) in [5.74, 6) is 0. The Morgan fingerprint density at radius 2 is 2.21 bits per heavy atom. The summed E-state index contributed by atoms with van der Waals surface area (Å²) in [6, 6.07) is 0.997. The fraction of sp³-hybridized carbons (Fsp3) is 0.556. The van der Waals surface area contributed by atoms with Crippen LogP contribution in [-0.4, -0.2) is 48.2 Å². The summed E-state index contributed by atoms with van der Waals surface area (Å²) in [5.41, 5.74) is -1.59. The fourth-order valence-corrected chi connectivity index (χ4v) is 2.72. The molecule has 2 rings (SSSR count). The van der Waals surface area contributed by atoms with Crippen molar-refractivity contribution >= 4 is 27.5 Å². The van der Waals surface area contributed by atoms with Crippen LogP contribution in [0.4, 0.5) is 0 Å². The molecule has 0 radical (unpaired) electrons. The molecular weight excluding hydrogens is 347 g/mol. The third-order valence-corrected chi connectivity index (χ3v) is 4.59. The number of aromatic amines is 1. The highest BCUT2D eigenvalue weighted by molar-refractivity contribution is 9.10. The first-order valence-corrected chi connectivity index (χ1v) is 6.30. The Morgan fingerprint density at radius 3 is 2.68 bits per heavy atom. The van der Waals surface area contributed by atoms with E-state index in [0.29, 0.717) is 4.57 Å². The smallest absolute Gasteiger partial charge is 0.331 e. The third kappa shape index (κ3) is 2.06. The molecule has 106 valence electrons. The van der Waals surface area contributed by atoms with Crippen LogP contribution in [-0.2, 0) is 9.92 Å².